The Labute approximate surface area is 113 Å². The van der Waals surface area contributed by atoms with Crippen LogP contribution in [0.5, 0.6) is 0 Å². The molecule has 1 aromatic heterocycles. The van der Waals surface area contributed by atoms with Crippen molar-refractivity contribution in [1.82, 2.24) is 5.43 Å². The van der Waals surface area contributed by atoms with E-state index < -0.39 is 0 Å². The van der Waals surface area contributed by atoms with E-state index >= 15 is 0 Å². The molecule has 4 nitrogen and oxygen atoms in total. The van der Waals surface area contributed by atoms with Gasteiger partial charge in [-0.2, -0.15) is 5.10 Å². The summed E-state index contributed by atoms with van der Waals surface area (Å²) in [6.07, 6.45) is 6.44. The number of aryl methyl sites for hydroxylation is 1. The quantitative estimate of drug-likeness (QED) is 0.671. The molecule has 0 aromatic carbocycles. The van der Waals surface area contributed by atoms with Gasteiger partial charge < -0.3 is 4.42 Å². The third-order valence-corrected chi connectivity index (χ3v) is 4.74. The van der Waals surface area contributed by atoms with E-state index in [9.17, 15) is 4.79 Å². The summed E-state index contributed by atoms with van der Waals surface area (Å²) in [7, 11) is 0. The number of carbonyl (C=O) groups excluding carboxylic acids is 1. The highest BCUT2D eigenvalue weighted by molar-refractivity contribution is 5.85. The van der Waals surface area contributed by atoms with Gasteiger partial charge in [-0.15, -0.1) is 0 Å². The Kier molecular flexibility index (Phi) is 2.96. The summed E-state index contributed by atoms with van der Waals surface area (Å²) in [6, 6.07) is 3.71. The number of rotatable bonds is 3. The zero-order valence-corrected chi connectivity index (χ0v) is 11.5. The Morgan fingerprint density at radius 3 is 3.00 bits per heavy atom. The fraction of sp³-hybridized carbons (Fsp3) is 0.600. The molecule has 2 aliphatic carbocycles. The molecule has 3 rings (SSSR count). The van der Waals surface area contributed by atoms with Gasteiger partial charge in [-0.05, 0) is 43.2 Å². The summed E-state index contributed by atoms with van der Waals surface area (Å²) in [4.78, 5) is 12.1. The first kappa shape index (κ1) is 12.5. The number of hydrogen-bond donors (Lipinski definition) is 1. The lowest BCUT2D eigenvalue weighted by atomic mass is 9.90. The predicted octanol–water partition coefficient (Wildman–Crippen LogP) is 2.86. The maximum Gasteiger partial charge on any atom is 0.244 e. The lowest BCUT2D eigenvalue weighted by Crippen LogP contribution is -2.22. The first-order valence-electron chi connectivity index (χ1n) is 7.00. The van der Waals surface area contributed by atoms with Crippen molar-refractivity contribution in [3.8, 4) is 0 Å². The van der Waals surface area contributed by atoms with Crippen LogP contribution in [0.15, 0.2) is 21.7 Å². The maximum absolute atomic E-state index is 12.1. The molecule has 2 fully saturated rings. The minimum Gasteiger partial charge on any atom is -0.460 e. The number of nitrogens with one attached hydrogen (secondary N) is 1. The van der Waals surface area contributed by atoms with Crippen LogP contribution in [0.4, 0.5) is 0 Å². The second-order valence-corrected chi connectivity index (χ2v) is 6.02. The van der Waals surface area contributed by atoms with Gasteiger partial charge in [-0.1, -0.05) is 19.8 Å². The highest BCUT2D eigenvalue weighted by Gasteiger charge is 2.64. The summed E-state index contributed by atoms with van der Waals surface area (Å²) in [5.74, 6) is 2.30. The number of fused-ring (bicyclic) bond motifs is 1. The summed E-state index contributed by atoms with van der Waals surface area (Å²) in [5, 5.41) is 3.99. The van der Waals surface area contributed by atoms with Crippen LogP contribution >= 0.6 is 0 Å². The van der Waals surface area contributed by atoms with Crippen LogP contribution < -0.4 is 5.43 Å². The lowest BCUT2D eigenvalue weighted by Gasteiger charge is -2.15. The van der Waals surface area contributed by atoms with Gasteiger partial charge in [0.05, 0.1) is 6.21 Å². The molecule has 0 bridgehead atoms. The second-order valence-electron chi connectivity index (χ2n) is 6.02. The molecule has 4 heteroatoms. The molecule has 1 N–H and O–H groups in total. The van der Waals surface area contributed by atoms with Crippen molar-refractivity contribution in [3.05, 3.63) is 23.7 Å². The number of hydrogen-bond acceptors (Lipinski definition) is 3. The summed E-state index contributed by atoms with van der Waals surface area (Å²) >= 11 is 0. The van der Waals surface area contributed by atoms with E-state index in [-0.39, 0.29) is 17.2 Å². The van der Waals surface area contributed by atoms with Crippen molar-refractivity contribution >= 4 is 12.1 Å². The SMILES string of the molecule is Cc1ccc(C=NNC(=O)C2C3CCCCC32C)o1. The van der Waals surface area contributed by atoms with Gasteiger partial charge in [-0.3, -0.25) is 4.79 Å². The third-order valence-electron chi connectivity index (χ3n) is 4.74. The molecule has 19 heavy (non-hydrogen) atoms. The zero-order valence-electron chi connectivity index (χ0n) is 11.5. The fourth-order valence-corrected chi connectivity index (χ4v) is 3.60. The van der Waals surface area contributed by atoms with Crippen LogP contribution in [0, 0.1) is 24.2 Å². The maximum atomic E-state index is 12.1. The highest BCUT2D eigenvalue weighted by Crippen LogP contribution is 2.66. The van der Waals surface area contributed by atoms with E-state index in [4.69, 9.17) is 4.42 Å². The molecule has 3 unspecified atom stereocenters. The number of hydrazone groups is 1. The van der Waals surface area contributed by atoms with Crippen molar-refractivity contribution in [2.45, 2.75) is 39.5 Å². The largest absolute Gasteiger partial charge is 0.460 e. The van der Waals surface area contributed by atoms with Gasteiger partial charge in [0.2, 0.25) is 5.91 Å². The van der Waals surface area contributed by atoms with Crippen LogP contribution in [0.1, 0.15) is 44.1 Å². The van der Waals surface area contributed by atoms with Gasteiger partial charge >= 0.3 is 0 Å². The minimum absolute atomic E-state index is 0.0638. The van der Waals surface area contributed by atoms with Crippen molar-refractivity contribution < 1.29 is 9.21 Å². The van der Waals surface area contributed by atoms with Gasteiger partial charge in [0.15, 0.2) is 0 Å². The molecule has 2 saturated carbocycles. The van der Waals surface area contributed by atoms with Crippen LogP contribution in [0.3, 0.4) is 0 Å². The number of furan rings is 1. The normalized spacial score (nSPS) is 33.2. The van der Waals surface area contributed by atoms with Crippen molar-refractivity contribution in [2.75, 3.05) is 0 Å². The minimum atomic E-state index is 0.0638. The highest BCUT2D eigenvalue weighted by atomic mass is 16.3. The van der Waals surface area contributed by atoms with Crippen molar-refractivity contribution in [2.24, 2.45) is 22.4 Å². The predicted molar refractivity (Wildman–Crippen MR) is 72.7 cm³/mol. The van der Waals surface area contributed by atoms with E-state index in [1.165, 1.54) is 25.7 Å². The molecule has 2 aliphatic rings. The van der Waals surface area contributed by atoms with Crippen LogP contribution in [0.2, 0.25) is 0 Å². The Morgan fingerprint density at radius 2 is 2.37 bits per heavy atom. The molecule has 3 atom stereocenters. The molecule has 0 radical (unpaired) electrons. The van der Waals surface area contributed by atoms with Crippen molar-refractivity contribution in [3.63, 3.8) is 0 Å². The molecular formula is C15H20N2O2. The smallest absolute Gasteiger partial charge is 0.244 e. The second kappa shape index (κ2) is 4.51. The van der Waals surface area contributed by atoms with E-state index in [0.29, 0.717) is 11.7 Å². The standard InChI is InChI=1S/C15H20N2O2/c1-10-6-7-11(19-10)9-16-17-14(18)13-12-5-3-4-8-15(12,13)2/h6-7,9,12-13H,3-5,8H2,1-2H3,(H,17,18). The Balaban J connectivity index is 1.56. The third kappa shape index (κ3) is 2.20. The van der Waals surface area contributed by atoms with E-state index in [1.54, 1.807) is 6.21 Å². The number of carbonyl (C=O) groups is 1. The van der Waals surface area contributed by atoms with Crippen LogP contribution in [-0.4, -0.2) is 12.1 Å². The summed E-state index contributed by atoms with van der Waals surface area (Å²) < 4.78 is 5.36. The monoisotopic (exact) mass is 260 g/mol. The van der Waals surface area contributed by atoms with E-state index in [0.717, 1.165) is 5.76 Å². The molecular weight excluding hydrogens is 240 g/mol. The molecule has 1 amide bonds. The lowest BCUT2D eigenvalue weighted by molar-refractivity contribution is -0.123. The zero-order chi connectivity index (χ0) is 13.5. The first-order chi connectivity index (χ1) is 9.11. The average Bonchev–Trinajstić information content (AvgIpc) is 2.81. The molecule has 1 aromatic rings. The Morgan fingerprint density at radius 1 is 1.53 bits per heavy atom. The Bertz CT molecular complexity index is 520. The number of amides is 1. The fourth-order valence-electron chi connectivity index (χ4n) is 3.60. The topological polar surface area (TPSA) is 54.6 Å². The summed E-state index contributed by atoms with van der Waals surface area (Å²) in [6.45, 7) is 4.12. The Hall–Kier alpha value is -1.58. The van der Waals surface area contributed by atoms with E-state index in [1.807, 2.05) is 19.1 Å². The first-order valence-corrected chi connectivity index (χ1v) is 7.00. The van der Waals surface area contributed by atoms with Crippen LogP contribution in [-0.2, 0) is 4.79 Å². The number of nitrogens with zero attached hydrogens (tertiary/aromatic N) is 1. The van der Waals surface area contributed by atoms with Gasteiger partial charge in [0, 0.05) is 5.92 Å². The van der Waals surface area contributed by atoms with Crippen molar-refractivity contribution in [1.29, 1.82) is 0 Å². The summed E-state index contributed by atoms with van der Waals surface area (Å²) in [5.41, 5.74) is 2.89. The van der Waals surface area contributed by atoms with Gasteiger partial charge in [-0.25, -0.2) is 5.43 Å². The molecule has 1 heterocycles. The molecule has 0 saturated heterocycles. The van der Waals surface area contributed by atoms with E-state index in [2.05, 4.69) is 17.5 Å². The molecule has 0 spiro atoms. The molecule has 0 aliphatic heterocycles. The van der Waals surface area contributed by atoms with Crippen LogP contribution in [0.25, 0.3) is 0 Å². The average molecular weight is 260 g/mol. The van der Waals surface area contributed by atoms with Gasteiger partial charge in [0.1, 0.15) is 11.5 Å². The molecule has 102 valence electrons. The van der Waals surface area contributed by atoms with Gasteiger partial charge in [0.25, 0.3) is 0 Å².